The van der Waals surface area contributed by atoms with Crippen LogP contribution in [0.4, 0.5) is 0 Å². The van der Waals surface area contributed by atoms with Gasteiger partial charge in [-0.3, -0.25) is 14.6 Å². The van der Waals surface area contributed by atoms with Crippen LogP contribution < -0.4 is 5.32 Å². The Hall–Kier alpha value is -2.67. The molecule has 3 aromatic rings. The molecule has 28 heavy (non-hydrogen) atoms. The standard InChI is InChI=1S/C20H23ClN6O/c21-17-8-6-15(7-9-17)19-16(11-23-25-19)10-22-20(28)18-13-27(26-24-18)12-14-4-2-1-3-5-14/h6-9,11,13-14H,1-5,10,12H2,(H,22,28)(H,23,25). The third kappa shape index (κ3) is 4.42. The first-order chi connectivity index (χ1) is 13.7. The Morgan fingerprint density at radius 3 is 2.79 bits per heavy atom. The summed E-state index contributed by atoms with van der Waals surface area (Å²) in [4.78, 5) is 12.5. The van der Waals surface area contributed by atoms with Crippen LogP contribution >= 0.6 is 11.6 Å². The summed E-state index contributed by atoms with van der Waals surface area (Å²) in [6, 6.07) is 7.48. The number of hydrogen-bond donors (Lipinski definition) is 2. The third-order valence-electron chi connectivity index (χ3n) is 5.23. The quantitative estimate of drug-likeness (QED) is 0.660. The maximum Gasteiger partial charge on any atom is 0.273 e. The zero-order valence-electron chi connectivity index (χ0n) is 15.6. The molecule has 7 nitrogen and oxygen atoms in total. The summed E-state index contributed by atoms with van der Waals surface area (Å²) < 4.78 is 1.79. The van der Waals surface area contributed by atoms with Crippen LogP contribution in [0, 0.1) is 5.92 Å². The van der Waals surface area contributed by atoms with Crippen molar-refractivity contribution in [1.82, 2.24) is 30.5 Å². The van der Waals surface area contributed by atoms with E-state index >= 15 is 0 Å². The third-order valence-corrected chi connectivity index (χ3v) is 5.48. The molecule has 1 amide bonds. The fraction of sp³-hybridized carbons (Fsp3) is 0.400. The van der Waals surface area contributed by atoms with Crippen molar-refractivity contribution in [2.75, 3.05) is 0 Å². The molecule has 0 spiro atoms. The van der Waals surface area contributed by atoms with Crippen molar-refractivity contribution in [3.63, 3.8) is 0 Å². The fourth-order valence-electron chi connectivity index (χ4n) is 3.70. The number of rotatable bonds is 6. The van der Waals surface area contributed by atoms with Gasteiger partial charge in [0.2, 0.25) is 0 Å². The zero-order valence-corrected chi connectivity index (χ0v) is 16.3. The molecule has 1 saturated carbocycles. The number of H-pyrrole nitrogens is 1. The van der Waals surface area contributed by atoms with Crippen LogP contribution in [0.25, 0.3) is 11.3 Å². The lowest BCUT2D eigenvalue weighted by Gasteiger charge is -2.20. The van der Waals surface area contributed by atoms with Crippen LogP contribution in [-0.4, -0.2) is 31.1 Å². The van der Waals surface area contributed by atoms with E-state index in [1.54, 1.807) is 17.1 Å². The van der Waals surface area contributed by atoms with Crippen LogP contribution in [0.5, 0.6) is 0 Å². The molecule has 1 fully saturated rings. The lowest BCUT2D eigenvalue weighted by molar-refractivity contribution is 0.0946. The van der Waals surface area contributed by atoms with Crippen molar-refractivity contribution in [2.24, 2.45) is 5.92 Å². The van der Waals surface area contributed by atoms with Crippen molar-refractivity contribution in [3.05, 3.63) is 52.9 Å². The fourth-order valence-corrected chi connectivity index (χ4v) is 3.83. The summed E-state index contributed by atoms with van der Waals surface area (Å²) in [5.74, 6) is 0.400. The highest BCUT2D eigenvalue weighted by molar-refractivity contribution is 6.30. The van der Waals surface area contributed by atoms with Gasteiger partial charge in [0.15, 0.2) is 5.69 Å². The predicted octanol–water partition coefficient (Wildman–Crippen LogP) is 3.83. The molecule has 4 rings (SSSR count). The number of nitrogens with zero attached hydrogens (tertiary/aromatic N) is 4. The Bertz CT molecular complexity index is 926. The highest BCUT2D eigenvalue weighted by Crippen LogP contribution is 2.25. The number of aromatic amines is 1. The summed E-state index contributed by atoms with van der Waals surface area (Å²) in [6.45, 7) is 1.19. The molecule has 0 bridgehead atoms. The van der Waals surface area contributed by atoms with Gasteiger partial charge in [-0.05, 0) is 36.5 Å². The zero-order chi connectivity index (χ0) is 19.3. The molecule has 1 aliphatic carbocycles. The number of benzene rings is 1. The van der Waals surface area contributed by atoms with Crippen LogP contribution in [0.2, 0.25) is 5.02 Å². The van der Waals surface area contributed by atoms with E-state index in [4.69, 9.17) is 11.6 Å². The largest absolute Gasteiger partial charge is 0.346 e. The van der Waals surface area contributed by atoms with Gasteiger partial charge in [-0.25, -0.2) is 0 Å². The average molecular weight is 399 g/mol. The van der Waals surface area contributed by atoms with E-state index in [0.717, 1.165) is 23.4 Å². The number of aromatic nitrogens is 5. The lowest BCUT2D eigenvalue weighted by atomic mass is 9.89. The van der Waals surface area contributed by atoms with Crippen molar-refractivity contribution < 1.29 is 4.79 Å². The van der Waals surface area contributed by atoms with Gasteiger partial charge in [0.25, 0.3) is 5.91 Å². The number of carbonyl (C=O) groups is 1. The first-order valence-corrected chi connectivity index (χ1v) is 10.0. The Kier molecular flexibility index (Phi) is 5.71. The summed E-state index contributed by atoms with van der Waals surface area (Å²) >= 11 is 5.95. The van der Waals surface area contributed by atoms with E-state index < -0.39 is 0 Å². The molecule has 2 aromatic heterocycles. The van der Waals surface area contributed by atoms with E-state index in [0.29, 0.717) is 23.2 Å². The minimum Gasteiger partial charge on any atom is -0.346 e. The number of amides is 1. The number of hydrogen-bond acceptors (Lipinski definition) is 4. The van der Waals surface area contributed by atoms with Crippen LogP contribution in [0.3, 0.4) is 0 Å². The molecule has 2 heterocycles. The Labute approximate surface area is 168 Å². The first kappa shape index (κ1) is 18.7. The van der Waals surface area contributed by atoms with E-state index in [2.05, 4.69) is 25.8 Å². The molecule has 1 aliphatic rings. The van der Waals surface area contributed by atoms with Gasteiger partial charge in [-0.15, -0.1) is 5.10 Å². The summed E-state index contributed by atoms with van der Waals surface area (Å²) in [7, 11) is 0. The van der Waals surface area contributed by atoms with Gasteiger partial charge in [0, 0.05) is 23.7 Å². The molecular formula is C20H23ClN6O. The van der Waals surface area contributed by atoms with Crippen molar-refractivity contribution in [3.8, 4) is 11.3 Å². The maximum absolute atomic E-state index is 12.5. The SMILES string of the molecule is O=C(NCc1cn[nH]c1-c1ccc(Cl)cc1)c1cn(CC2CCCCC2)nn1. The summed E-state index contributed by atoms with van der Waals surface area (Å²) in [5.41, 5.74) is 3.06. The highest BCUT2D eigenvalue weighted by Gasteiger charge is 2.17. The molecule has 0 radical (unpaired) electrons. The molecule has 0 saturated heterocycles. The van der Waals surface area contributed by atoms with Gasteiger partial charge >= 0.3 is 0 Å². The number of nitrogens with one attached hydrogen (secondary N) is 2. The second-order valence-electron chi connectivity index (χ2n) is 7.29. The topological polar surface area (TPSA) is 88.5 Å². The molecule has 0 atom stereocenters. The summed E-state index contributed by atoms with van der Waals surface area (Å²) in [6.07, 6.45) is 9.81. The van der Waals surface area contributed by atoms with Crippen LogP contribution in [0.1, 0.15) is 48.2 Å². The minimum absolute atomic E-state index is 0.238. The maximum atomic E-state index is 12.5. The van der Waals surface area contributed by atoms with E-state index in [-0.39, 0.29) is 5.91 Å². The predicted molar refractivity (Wildman–Crippen MR) is 107 cm³/mol. The van der Waals surface area contributed by atoms with Gasteiger partial charge in [0.1, 0.15) is 0 Å². The van der Waals surface area contributed by atoms with Gasteiger partial charge < -0.3 is 5.32 Å². The molecule has 146 valence electrons. The molecule has 2 N–H and O–H groups in total. The lowest BCUT2D eigenvalue weighted by Crippen LogP contribution is -2.23. The number of halogens is 1. The van der Waals surface area contributed by atoms with Gasteiger partial charge in [-0.1, -0.05) is 48.2 Å². The Balaban J connectivity index is 1.36. The van der Waals surface area contributed by atoms with E-state index in [9.17, 15) is 4.79 Å². The second-order valence-corrected chi connectivity index (χ2v) is 7.73. The van der Waals surface area contributed by atoms with E-state index in [1.165, 1.54) is 32.1 Å². The smallest absolute Gasteiger partial charge is 0.273 e. The van der Waals surface area contributed by atoms with Gasteiger partial charge in [-0.2, -0.15) is 5.10 Å². The number of carbonyl (C=O) groups excluding carboxylic acids is 1. The normalized spacial score (nSPS) is 14.9. The van der Waals surface area contributed by atoms with Crippen molar-refractivity contribution >= 4 is 17.5 Å². The van der Waals surface area contributed by atoms with E-state index in [1.807, 2.05) is 24.3 Å². The monoisotopic (exact) mass is 398 g/mol. The highest BCUT2D eigenvalue weighted by atomic mass is 35.5. The summed E-state index contributed by atoms with van der Waals surface area (Å²) in [5, 5.41) is 18.8. The molecule has 0 aliphatic heterocycles. The average Bonchev–Trinajstić information content (AvgIpc) is 3.37. The molecular weight excluding hydrogens is 376 g/mol. The molecule has 8 heteroatoms. The first-order valence-electron chi connectivity index (χ1n) is 9.65. The molecule has 0 unspecified atom stereocenters. The second kappa shape index (κ2) is 8.56. The van der Waals surface area contributed by atoms with Gasteiger partial charge in [0.05, 0.1) is 18.1 Å². The van der Waals surface area contributed by atoms with Crippen molar-refractivity contribution in [1.29, 1.82) is 0 Å². The minimum atomic E-state index is -0.238. The molecule has 1 aromatic carbocycles. The Morgan fingerprint density at radius 1 is 1.21 bits per heavy atom. The van der Waals surface area contributed by atoms with Crippen molar-refractivity contribution in [2.45, 2.75) is 45.2 Å². The Morgan fingerprint density at radius 2 is 2.00 bits per heavy atom. The van der Waals surface area contributed by atoms with Crippen LogP contribution in [-0.2, 0) is 13.1 Å². The van der Waals surface area contributed by atoms with Crippen LogP contribution in [0.15, 0.2) is 36.7 Å².